The maximum absolute atomic E-state index is 13.0. The van der Waals surface area contributed by atoms with Gasteiger partial charge < -0.3 is 14.5 Å². The van der Waals surface area contributed by atoms with Crippen LogP contribution in [0.3, 0.4) is 0 Å². The second kappa shape index (κ2) is 6.48. The van der Waals surface area contributed by atoms with Crippen LogP contribution < -0.4 is 5.32 Å². The Morgan fingerprint density at radius 2 is 2.10 bits per heavy atom. The molecule has 6 nitrogen and oxygen atoms in total. The van der Waals surface area contributed by atoms with Crippen molar-refractivity contribution in [1.82, 2.24) is 9.62 Å². The lowest BCUT2D eigenvalue weighted by atomic mass is 10.1. The largest absolute Gasteiger partial charge is 0.465 e. The molecular weight excluding hydrogens is 292 g/mol. The smallest absolute Gasteiger partial charge is 0.246 e. The van der Waals surface area contributed by atoms with Gasteiger partial charge in [-0.05, 0) is 33.7 Å². The van der Waals surface area contributed by atoms with Crippen LogP contribution in [0, 0.1) is 13.8 Å². The molecule has 1 aromatic heterocycles. The molecule has 0 amide bonds. The van der Waals surface area contributed by atoms with Crippen molar-refractivity contribution in [2.45, 2.75) is 44.2 Å². The highest BCUT2D eigenvalue weighted by atomic mass is 32.2. The quantitative estimate of drug-likeness (QED) is 0.889. The maximum atomic E-state index is 13.0. The Balaban J connectivity index is 2.39. The van der Waals surface area contributed by atoms with E-state index < -0.39 is 10.0 Å². The van der Waals surface area contributed by atoms with Crippen molar-refractivity contribution < 1.29 is 17.6 Å². The zero-order chi connectivity index (χ0) is 15.6. The third-order valence-electron chi connectivity index (χ3n) is 3.95. The molecule has 1 aromatic rings. The number of methoxy groups -OCH3 is 1. The summed E-state index contributed by atoms with van der Waals surface area (Å²) < 4.78 is 38.3. The van der Waals surface area contributed by atoms with Crippen LogP contribution in [0.25, 0.3) is 0 Å². The minimum absolute atomic E-state index is 0.0328. The number of rotatable bonds is 5. The topological polar surface area (TPSA) is 71.8 Å². The van der Waals surface area contributed by atoms with Gasteiger partial charge in [0.2, 0.25) is 10.0 Å². The molecule has 1 fully saturated rings. The van der Waals surface area contributed by atoms with E-state index in [2.05, 4.69) is 5.32 Å². The Morgan fingerprint density at radius 1 is 1.38 bits per heavy atom. The van der Waals surface area contributed by atoms with Gasteiger partial charge >= 0.3 is 0 Å². The standard InChI is InChI=1S/C14H24N2O4S/c1-10-13(8-15-3)14(11(2)20-10)21(17,18)16-7-5-6-12(9-16)19-4/h12,15H,5-9H2,1-4H3. The SMILES string of the molecule is CNCc1c(C)oc(C)c1S(=O)(=O)N1CCCC(OC)C1. The van der Waals surface area contributed by atoms with Crippen LogP contribution in [0.5, 0.6) is 0 Å². The van der Waals surface area contributed by atoms with E-state index in [1.54, 1.807) is 28.0 Å². The van der Waals surface area contributed by atoms with Crippen molar-refractivity contribution in [1.29, 1.82) is 0 Å². The van der Waals surface area contributed by atoms with E-state index in [-0.39, 0.29) is 6.10 Å². The van der Waals surface area contributed by atoms with Crippen LogP contribution in [-0.2, 0) is 21.3 Å². The van der Waals surface area contributed by atoms with Gasteiger partial charge in [0.1, 0.15) is 16.4 Å². The van der Waals surface area contributed by atoms with Gasteiger partial charge in [-0.25, -0.2) is 8.42 Å². The number of furan rings is 1. The minimum atomic E-state index is -3.55. The summed E-state index contributed by atoms with van der Waals surface area (Å²) in [6, 6.07) is 0. The predicted octanol–water partition coefficient (Wildman–Crippen LogP) is 1.42. The van der Waals surface area contributed by atoms with Gasteiger partial charge in [-0.15, -0.1) is 0 Å². The molecule has 2 heterocycles. The first kappa shape index (κ1) is 16.5. The third kappa shape index (κ3) is 3.15. The number of aryl methyl sites for hydroxylation is 2. The van der Waals surface area contributed by atoms with E-state index in [9.17, 15) is 8.42 Å². The first-order valence-corrected chi connectivity index (χ1v) is 8.62. The van der Waals surface area contributed by atoms with Crippen LogP contribution in [-0.4, -0.2) is 46.1 Å². The highest BCUT2D eigenvalue weighted by Crippen LogP contribution is 2.30. The molecule has 120 valence electrons. The molecule has 1 saturated heterocycles. The lowest BCUT2D eigenvalue weighted by Crippen LogP contribution is -2.43. The summed E-state index contributed by atoms with van der Waals surface area (Å²) in [4.78, 5) is 0.311. The van der Waals surface area contributed by atoms with Crippen LogP contribution in [0.4, 0.5) is 0 Å². The van der Waals surface area contributed by atoms with Gasteiger partial charge in [-0.3, -0.25) is 0 Å². The number of hydrogen-bond acceptors (Lipinski definition) is 5. The number of nitrogens with one attached hydrogen (secondary N) is 1. The summed E-state index contributed by atoms with van der Waals surface area (Å²) in [5.41, 5.74) is 0.717. The van der Waals surface area contributed by atoms with Crippen molar-refractivity contribution in [2.75, 3.05) is 27.2 Å². The average Bonchev–Trinajstić information content (AvgIpc) is 2.74. The van der Waals surface area contributed by atoms with Gasteiger partial charge in [0.15, 0.2) is 0 Å². The second-order valence-electron chi connectivity index (χ2n) is 5.42. The first-order chi connectivity index (χ1) is 9.91. The zero-order valence-electron chi connectivity index (χ0n) is 13.1. The molecule has 0 bridgehead atoms. The predicted molar refractivity (Wildman–Crippen MR) is 79.7 cm³/mol. The first-order valence-electron chi connectivity index (χ1n) is 7.18. The zero-order valence-corrected chi connectivity index (χ0v) is 13.9. The number of piperidine rings is 1. The Labute approximate surface area is 126 Å². The summed E-state index contributed by atoms with van der Waals surface area (Å²) in [6.07, 6.45) is 1.68. The van der Waals surface area contributed by atoms with Gasteiger partial charge in [0.05, 0.1) is 6.10 Å². The molecule has 0 radical (unpaired) electrons. The van der Waals surface area contributed by atoms with Gasteiger partial charge in [-0.2, -0.15) is 4.31 Å². The summed E-state index contributed by atoms with van der Waals surface area (Å²) in [6.45, 7) is 4.91. The van der Waals surface area contributed by atoms with E-state index >= 15 is 0 Å². The molecule has 0 aromatic carbocycles. The van der Waals surface area contributed by atoms with E-state index in [1.165, 1.54) is 4.31 Å². The number of nitrogens with zero attached hydrogens (tertiary/aromatic N) is 1. The number of ether oxygens (including phenoxy) is 1. The molecule has 1 unspecified atom stereocenters. The fourth-order valence-corrected chi connectivity index (χ4v) is 4.80. The van der Waals surface area contributed by atoms with Crippen molar-refractivity contribution in [3.8, 4) is 0 Å². The molecule has 2 rings (SSSR count). The molecule has 0 aliphatic carbocycles. The van der Waals surface area contributed by atoms with Crippen LogP contribution in [0.1, 0.15) is 29.9 Å². The Hall–Kier alpha value is -0.890. The van der Waals surface area contributed by atoms with Crippen LogP contribution in [0.15, 0.2) is 9.31 Å². The third-order valence-corrected chi connectivity index (χ3v) is 6.01. The van der Waals surface area contributed by atoms with Crippen molar-refractivity contribution in [3.63, 3.8) is 0 Å². The molecule has 1 aliphatic rings. The summed E-state index contributed by atoms with van der Waals surface area (Å²) >= 11 is 0. The summed E-state index contributed by atoms with van der Waals surface area (Å²) in [5, 5.41) is 3.01. The lowest BCUT2D eigenvalue weighted by molar-refractivity contribution is 0.0571. The highest BCUT2D eigenvalue weighted by Gasteiger charge is 2.35. The maximum Gasteiger partial charge on any atom is 0.246 e. The average molecular weight is 316 g/mol. The fraction of sp³-hybridized carbons (Fsp3) is 0.714. The molecule has 0 spiro atoms. The fourth-order valence-electron chi connectivity index (χ4n) is 2.87. The van der Waals surface area contributed by atoms with Crippen LogP contribution in [0.2, 0.25) is 0 Å². The lowest BCUT2D eigenvalue weighted by Gasteiger charge is -2.31. The molecule has 0 saturated carbocycles. The van der Waals surface area contributed by atoms with Gasteiger partial charge in [-0.1, -0.05) is 0 Å². The molecule has 1 N–H and O–H groups in total. The van der Waals surface area contributed by atoms with Crippen molar-refractivity contribution >= 4 is 10.0 Å². The van der Waals surface area contributed by atoms with Crippen LogP contribution >= 0.6 is 0 Å². The Kier molecular flexibility index (Phi) is 5.08. The summed E-state index contributed by atoms with van der Waals surface area (Å²) in [5.74, 6) is 1.11. The highest BCUT2D eigenvalue weighted by molar-refractivity contribution is 7.89. The van der Waals surface area contributed by atoms with Crippen molar-refractivity contribution in [3.05, 3.63) is 17.1 Å². The van der Waals surface area contributed by atoms with E-state index in [0.717, 1.165) is 18.4 Å². The normalized spacial score (nSPS) is 20.9. The van der Waals surface area contributed by atoms with E-state index in [1.807, 2.05) is 0 Å². The van der Waals surface area contributed by atoms with E-state index in [4.69, 9.17) is 9.15 Å². The van der Waals surface area contributed by atoms with Crippen molar-refractivity contribution in [2.24, 2.45) is 0 Å². The Morgan fingerprint density at radius 3 is 2.71 bits per heavy atom. The number of hydrogen-bond donors (Lipinski definition) is 1. The van der Waals surface area contributed by atoms with Gasteiger partial charge in [0.25, 0.3) is 0 Å². The van der Waals surface area contributed by atoms with E-state index in [0.29, 0.717) is 36.1 Å². The number of sulfonamides is 1. The second-order valence-corrected chi connectivity index (χ2v) is 7.29. The van der Waals surface area contributed by atoms with Gasteiger partial charge in [0, 0.05) is 32.3 Å². The monoisotopic (exact) mass is 316 g/mol. The molecule has 1 atom stereocenters. The molecule has 7 heteroatoms. The molecular formula is C14H24N2O4S. The summed E-state index contributed by atoms with van der Waals surface area (Å²) in [7, 11) is -0.131. The molecule has 1 aliphatic heterocycles. The Bertz CT molecular complexity index is 594. The molecule has 21 heavy (non-hydrogen) atoms. The minimum Gasteiger partial charge on any atom is -0.465 e.